The molecule has 2 aromatic rings. The normalized spacial score (nSPS) is 17.7. The Balaban J connectivity index is 1.50. The molecule has 1 saturated heterocycles. The fraction of sp³-hybridized carbons (Fsp3) is 0.435. The third-order valence-corrected chi connectivity index (χ3v) is 5.91. The molecule has 0 saturated carbocycles. The minimum absolute atomic E-state index is 0.0631. The number of nitrogens with zero attached hydrogens (tertiary/aromatic N) is 2. The highest BCUT2D eigenvalue weighted by atomic mass is 16.5. The molecule has 1 N–H and O–H groups in total. The monoisotopic (exact) mass is 395 g/mol. The van der Waals surface area contributed by atoms with Crippen LogP contribution in [0.25, 0.3) is 0 Å². The molecule has 2 aliphatic heterocycles. The lowest BCUT2D eigenvalue weighted by molar-refractivity contribution is 0.0162. The average molecular weight is 396 g/mol. The van der Waals surface area contributed by atoms with Gasteiger partial charge in [0.15, 0.2) is 0 Å². The van der Waals surface area contributed by atoms with Gasteiger partial charge in [-0.2, -0.15) is 0 Å². The number of ether oxygens (including phenoxy) is 2. The van der Waals surface area contributed by atoms with E-state index in [1.165, 1.54) is 16.8 Å². The lowest BCUT2D eigenvalue weighted by Crippen LogP contribution is -2.43. The molecular formula is C23H29N3O3. The summed E-state index contributed by atoms with van der Waals surface area (Å²) in [6.07, 6.45) is 1.08. The molecular weight excluding hydrogens is 366 g/mol. The lowest BCUT2D eigenvalue weighted by Gasteiger charge is -2.35. The topological polar surface area (TPSA) is 54.0 Å². The van der Waals surface area contributed by atoms with Gasteiger partial charge in [-0.05, 0) is 47.9 Å². The van der Waals surface area contributed by atoms with Crippen LogP contribution in [0.3, 0.4) is 0 Å². The first-order valence-corrected chi connectivity index (χ1v) is 10.2. The maximum absolute atomic E-state index is 12.7. The van der Waals surface area contributed by atoms with E-state index in [0.717, 1.165) is 45.0 Å². The van der Waals surface area contributed by atoms with E-state index >= 15 is 0 Å². The van der Waals surface area contributed by atoms with Gasteiger partial charge in [0.1, 0.15) is 5.75 Å². The van der Waals surface area contributed by atoms with Gasteiger partial charge in [0.25, 0.3) is 5.91 Å². The number of likely N-dealkylation sites (N-methyl/N-ethyl adjacent to an activating group) is 1. The van der Waals surface area contributed by atoms with Gasteiger partial charge < -0.3 is 19.7 Å². The molecule has 6 nitrogen and oxygen atoms in total. The van der Waals surface area contributed by atoms with E-state index in [9.17, 15) is 4.79 Å². The van der Waals surface area contributed by atoms with Gasteiger partial charge in [0.05, 0.1) is 26.4 Å². The first-order chi connectivity index (χ1) is 14.2. The van der Waals surface area contributed by atoms with Crippen LogP contribution in [0.4, 0.5) is 5.69 Å². The Morgan fingerprint density at radius 2 is 1.90 bits per heavy atom. The summed E-state index contributed by atoms with van der Waals surface area (Å²) in [6, 6.07) is 14.1. The van der Waals surface area contributed by atoms with Gasteiger partial charge >= 0.3 is 0 Å². The first kappa shape index (κ1) is 19.7. The van der Waals surface area contributed by atoms with Crippen LogP contribution in [0, 0.1) is 0 Å². The first-order valence-electron chi connectivity index (χ1n) is 10.2. The Bertz CT molecular complexity index is 847. The largest absolute Gasteiger partial charge is 0.497 e. The molecule has 4 rings (SSSR count). The molecule has 154 valence electrons. The third-order valence-electron chi connectivity index (χ3n) is 5.91. The van der Waals surface area contributed by atoms with Crippen molar-refractivity contribution in [2.24, 2.45) is 0 Å². The minimum Gasteiger partial charge on any atom is -0.497 e. The van der Waals surface area contributed by atoms with Crippen LogP contribution in [0.15, 0.2) is 42.5 Å². The fourth-order valence-electron chi connectivity index (χ4n) is 4.17. The van der Waals surface area contributed by atoms with E-state index in [-0.39, 0.29) is 11.9 Å². The van der Waals surface area contributed by atoms with Crippen molar-refractivity contribution in [3.05, 3.63) is 59.2 Å². The van der Waals surface area contributed by atoms with Crippen LogP contribution in [0.1, 0.15) is 27.5 Å². The number of anilines is 1. The van der Waals surface area contributed by atoms with Crippen LogP contribution < -0.4 is 15.0 Å². The number of amides is 1. The van der Waals surface area contributed by atoms with Crippen molar-refractivity contribution < 1.29 is 14.3 Å². The highest BCUT2D eigenvalue weighted by molar-refractivity contribution is 5.94. The second-order valence-electron chi connectivity index (χ2n) is 7.66. The summed E-state index contributed by atoms with van der Waals surface area (Å²) < 4.78 is 10.7. The summed E-state index contributed by atoms with van der Waals surface area (Å²) in [7, 11) is 3.76. The van der Waals surface area contributed by atoms with Crippen LogP contribution >= 0.6 is 0 Å². The van der Waals surface area contributed by atoms with Crippen LogP contribution in [0.5, 0.6) is 5.75 Å². The highest BCUT2D eigenvalue weighted by Crippen LogP contribution is 2.31. The lowest BCUT2D eigenvalue weighted by atomic mass is 10.00. The number of carbonyl (C=O) groups excluding carboxylic acids is 1. The van der Waals surface area contributed by atoms with Gasteiger partial charge in [0, 0.05) is 44.5 Å². The van der Waals surface area contributed by atoms with Crippen LogP contribution in [-0.2, 0) is 11.2 Å². The van der Waals surface area contributed by atoms with E-state index in [1.54, 1.807) is 19.2 Å². The quantitative estimate of drug-likeness (QED) is 0.815. The summed E-state index contributed by atoms with van der Waals surface area (Å²) >= 11 is 0. The van der Waals surface area contributed by atoms with Crippen LogP contribution in [-0.4, -0.2) is 64.4 Å². The molecule has 2 heterocycles. The maximum atomic E-state index is 12.7. The molecule has 0 radical (unpaired) electrons. The number of carbonyl (C=O) groups is 1. The summed E-state index contributed by atoms with van der Waals surface area (Å²) in [6.45, 7) is 4.85. The van der Waals surface area contributed by atoms with Gasteiger partial charge in [-0.3, -0.25) is 9.69 Å². The number of fused-ring (bicyclic) bond motifs is 1. The summed E-state index contributed by atoms with van der Waals surface area (Å²) in [5, 5.41) is 3.14. The second-order valence-corrected chi connectivity index (χ2v) is 7.66. The average Bonchev–Trinajstić information content (AvgIpc) is 3.15. The zero-order valence-electron chi connectivity index (χ0n) is 17.2. The van der Waals surface area contributed by atoms with Gasteiger partial charge in [-0.1, -0.05) is 12.1 Å². The zero-order valence-corrected chi connectivity index (χ0v) is 17.2. The van der Waals surface area contributed by atoms with Crippen molar-refractivity contribution in [1.29, 1.82) is 0 Å². The third kappa shape index (κ3) is 4.38. The summed E-state index contributed by atoms with van der Waals surface area (Å²) in [5.41, 5.74) is 4.61. The van der Waals surface area contributed by atoms with Crippen molar-refractivity contribution in [2.75, 3.05) is 58.5 Å². The standard InChI is InChI=1S/C23H29N3O3/c1-25-10-9-19-15-18(5-8-21(19)25)22(26-11-13-29-14-12-26)16-24-23(27)17-3-6-20(28-2)7-4-17/h3-8,15,22H,9-14,16H2,1-2H3,(H,24,27). The molecule has 1 amide bonds. The maximum Gasteiger partial charge on any atom is 0.251 e. The molecule has 2 aliphatic rings. The smallest absolute Gasteiger partial charge is 0.251 e. The second kappa shape index (κ2) is 8.84. The molecule has 0 spiro atoms. The predicted molar refractivity (Wildman–Crippen MR) is 114 cm³/mol. The number of hydrogen-bond acceptors (Lipinski definition) is 5. The van der Waals surface area contributed by atoms with Crippen LogP contribution in [0.2, 0.25) is 0 Å². The molecule has 0 aliphatic carbocycles. The fourth-order valence-corrected chi connectivity index (χ4v) is 4.17. The molecule has 1 fully saturated rings. The van der Waals surface area contributed by atoms with E-state index in [0.29, 0.717) is 12.1 Å². The molecule has 1 atom stereocenters. The minimum atomic E-state index is -0.0631. The van der Waals surface area contributed by atoms with Gasteiger partial charge in [-0.25, -0.2) is 0 Å². The zero-order chi connectivity index (χ0) is 20.2. The Labute approximate surface area is 172 Å². The SMILES string of the molecule is COc1ccc(C(=O)NCC(c2ccc3c(c2)CCN3C)N2CCOCC2)cc1. The van der Waals surface area contributed by atoms with Gasteiger partial charge in [0.2, 0.25) is 0 Å². The highest BCUT2D eigenvalue weighted by Gasteiger charge is 2.25. The van der Waals surface area contributed by atoms with Gasteiger partial charge in [-0.15, -0.1) is 0 Å². The van der Waals surface area contributed by atoms with E-state index in [2.05, 4.69) is 40.4 Å². The number of benzene rings is 2. The van der Waals surface area contributed by atoms with Crippen molar-refractivity contribution in [3.63, 3.8) is 0 Å². The van der Waals surface area contributed by atoms with E-state index in [1.807, 2.05) is 12.1 Å². The van der Waals surface area contributed by atoms with E-state index in [4.69, 9.17) is 9.47 Å². The van der Waals surface area contributed by atoms with Crippen molar-refractivity contribution in [1.82, 2.24) is 10.2 Å². The molecule has 1 unspecified atom stereocenters. The number of morpholine rings is 1. The molecule has 0 aromatic heterocycles. The Kier molecular flexibility index (Phi) is 6.02. The number of hydrogen-bond donors (Lipinski definition) is 1. The Hall–Kier alpha value is -2.57. The molecule has 0 bridgehead atoms. The van der Waals surface area contributed by atoms with Crippen molar-refractivity contribution in [3.8, 4) is 5.75 Å². The molecule has 6 heteroatoms. The number of nitrogens with one attached hydrogen (secondary N) is 1. The molecule has 2 aromatic carbocycles. The predicted octanol–water partition coefficient (Wildman–Crippen LogP) is 2.49. The number of rotatable bonds is 6. The summed E-state index contributed by atoms with van der Waals surface area (Å²) in [4.78, 5) is 17.4. The van der Waals surface area contributed by atoms with Crippen molar-refractivity contribution in [2.45, 2.75) is 12.5 Å². The molecule has 29 heavy (non-hydrogen) atoms. The summed E-state index contributed by atoms with van der Waals surface area (Å²) in [5.74, 6) is 0.683. The van der Waals surface area contributed by atoms with Crippen molar-refractivity contribution >= 4 is 11.6 Å². The van der Waals surface area contributed by atoms with E-state index < -0.39 is 0 Å². The Morgan fingerprint density at radius 1 is 1.14 bits per heavy atom. The number of methoxy groups -OCH3 is 1. The Morgan fingerprint density at radius 3 is 2.62 bits per heavy atom.